The summed E-state index contributed by atoms with van der Waals surface area (Å²) in [6, 6.07) is 8.24. The molecule has 0 aromatic heterocycles. The molecule has 0 bridgehead atoms. The van der Waals surface area contributed by atoms with E-state index in [0.717, 1.165) is 16.7 Å². The highest BCUT2D eigenvalue weighted by Crippen LogP contribution is 2.30. The third-order valence-corrected chi connectivity index (χ3v) is 6.05. The Balaban J connectivity index is 1.98. The quantitative estimate of drug-likeness (QED) is 0.730. The van der Waals surface area contributed by atoms with Gasteiger partial charge in [-0.1, -0.05) is 17.7 Å². The Hall–Kier alpha value is -2.09. The number of benzene rings is 2. The maximum atomic E-state index is 12.3. The predicted octanol–water partition coefficient (Wildman–Crippen LogP) is 3.58. The third kappa shape index (κ3) is 5.45. The summed E-state index contributed by atoms with van der Waals surface area (Å²) in [6.45, 7) is 5.56. The molecule has 0 unspecified atom stereocenters. The maximum Gasteiger partial charge on any atom is 0.240 e. The average Bonchev–Trinajstić information content (AvgIpc) is 2.60. The van der Waals surface area contributed by atoms with Crippen molar-refractivity contribution in [3.05, 3.63) is 52.0 Å². The molecule has 0 fully saturated rings. The van der Waals surface area contributed by atoms with Gasteiger partial charge in [0.1, 0.15) is 5.75 Å². The van der Waals surface area contributed by atoms with Gasteiger partial charge in [-0.25, -0.2) is 13.1 Å². The second kappa shape index (κ2) is 8.73. The van der Waals surface area contributed by atoms with Crippen LogP contribution in [0.5, 0.6) is 5.75 Å². The van der Waals surface area contributed by atoms with Crippen molar-refractivity contribution in [3.63, 3.8) is 0 Å². The molecular weight excluding hydrogens is 388 g/mol. The zero-order valence-electron chi connectivity index (χ0n) is 15.7. The molecule has 27 heavy (non-hydrogen) atoms. The zero-order valence-corrected chi connectivity index (χ0v) is 17.3. The van der Waals surface area contributed by atoms with Gasteiger partial charge in [0.25, 0.3) is 0 Å². The fourth-order valence-corrected chi connectivity index (χ4v) is 3.68. The molecule has 0 heterocycles. The van der Waals surface area contributed by atoms with Crippen molar-refractivity contribution < 1.29 is 17.9 Å². The van der Waals surface area contributed by atoms with E-state index in [4.69, 9.17) is 16.3 Å². The van der Waals surface area contributed by atoms with Gasteiger partial charge < -0.3 is 10.1 Å². The molecule has 146 valence electrons. The van der Waals surface area contributed by atoms with Crippen molar-refractivity contribution in [2.45, 2.75) is 32.1 Å². The van der Waals surface area contributed by atoms with E-state index >= 15 is 0 Å². The smallest absolute Gasteiger partial charge is 0.240 e. The molecule has 2 N–H and O–H groups in total. The second-order valence-electron chi connectivity index (χ2n) is 6.24. The number of hydrogen-bond acceptors (Lipinski definition) is 4. The summed E-state index contributed by atoms with van der Waals surface area (Å²) in [6.07, 6.45) is -0.0189. The van der Waals surface area contributed by atoms with E-state index in [1.54, 1.807) is 30.3 Å². The number of methoxy groups -OCH3 is 1. The van der Waals surface area contributed by atoms with E-state index in [0.29, 0.717) is 16.5 Å². The number of aryl methyl sites for hydroxylation is 3. The van der Waals surface area contributed by atoms with Crippen LogP contribution in [0.15, 0.2) is 35.2 Å². The van der Waals surface area contributed by atoms with Crippen molar-refractivity contribution in [3.8, 4) is 5.75 Å². The van der Waals surface area contributed by atoms with Crippen LogP contribution in [0.2, 0.25) is 5.02 Å². The van der Waals surface area contributed by atoms with Crippen LogP contribution >= 0.6 is 11.6 Å². The van der Waals surface area contributed by atoms with Gasteiger partial charge >= 0.3 is 0 Å². The molecule has 0 radical (unpaired) electrons. The number of amides is 1. The summed E-state index contributed by atoms with van der Waals surface area (Å²) in [5.74, 6) is 0.104. The number of nitrogens with one attached hydrogen (secondary N) is 2. The maximum absolute atomic E-state index is 12.3. The van der Waals surface area contributed by atoms with Gasteiger partial charge in [-0.2, -0.15) is 0 Å². The van der Waals surface area contributed by atoms with Crippen LogP contribution in [0, 0.1) is 20.8 Å². The van der Waals surface area contributed by atoms with E-state index in [-0.39, 0.29) is 23.8 Å². The Kier molecular flexibility index (Phi) is 6.86. The summed E-state index contributed by atoms with van der Waals surface area (Å²) in [5.41, 5.74) is 3.19. The Labute approximate surface area is 164 Å². The van der Waals surface area contributed by atoms with Gasteiger partial charge in [-0.3, -0.25) is 4.79 Å². The predicted molar refractivity (Wildman–Crippen MR) is 107 cm³/mol. The fraction of sp³-hybridized carbons (Fsp3) is 0.316. The second-order valence-corrected chi connectivity index (χ2v) is 8.42. The number of carbonyl (C=O) groups is 1. The van der Waals surface area contributed by atoms with E-state index in [1.807, 2.05) is 20.8 Å². The summed E-state index contributed by atoms with van der Waals surface area (Å²) in [7, 11) is -2.18. The largest absolute Gasteiger partial charge is 0.495 e. The molecule has 0 aliphatic carbocycles. The number of carbonyl (C=O) groups excluding carboxylic acids is 1. The molecule has 2 aromatic carbocycles. The molecular formula is C19H23ClN2O4S. The van der Waals surface area contributed by atoms with Gasteiger partial charge in [0, 0.05) is 24.1 Å². The summed E-state index contributed by atoms with van der Waals surface area (Å²) < 4.78 is 32.3. The molecule has 8 heteroatoms. The Morgan fingerprint density at radius 1 is 1.07 bits per heavy atom. The Morgan fingerprint density at radius 3 is 2.41 bits per heavy atom. The first-order valence-corrected chi connectivity index (χ1v) is 10.2. The highest BCUT2D eigenvalue weighted by molar-refractivity contribution is 7.89. The number of rotatable bonds is 7. The van der Waals surface area contributed by atoms with Gasteiger partial charge in [0.2, 0.25) is 15.9 Å². The molecule has 0 saturated carbocycles. The van der Waals surface area contributed by atoms with E-state index in [2.05, 4.69) is 10.0 Å². The minimum absolute atomic E-state index is 0.0179. The Morgan fingerprint density at radius 2 is 1.78 bits per heavy atom. The van der Waals surface area contributed by atoms with Crippen LogP contribution in [0.25, 0.3) is 0 Å². The molecule has 2 aromatic rings. The first-order valence-electron chi connectivity index (χ1n) is 8.35. The van der Waals surface area contributed by atoms with Crippen molar-refractivity contribution in [2.75, 3.05) is 19.0 Å². The zero-order chi connectivity index (χ0) is 20.2. The minimum Gasteiger partial charge on any atom is -0.495 e. The van der Waals surface area contributed by atoms with E-state index in [9.17, 15) is 13.2 Å². The minimum atomic E-state index is -3.67. The lowest BCUT2D eigenvalue weighted by Crippen LogP contribution is -2.28. The van der Waals surface area contributed by atoms with Crippen LogP contribution in [-0.2, 0) is 14.8 Å². The number of halogens is 1. The lowest BCUT2D eigenvalue weighted by atomic mass is 10.1. The lowest BCUT2D eigenvalue weighted by molar-refractivity contribution is -0.116. The molecule has 2 rings (SSSR count). The number of hydrogen-bond donors (Lipinski definition) is 2. The van der Waals surface area contributed by atoms with Crippen LogP contribution in [0.1, 0.15) is 23.1 Å². The first-order chi connectivity index (χ1) is 12.6. The van der Waals surface area contributed by atoms with Crippen LogP contribution in [0.3, 0.4) is 0 Å². The molecule has 0 saturated heterocycles. The van der Waals surface area contributed by atoms with Crippen molar-refractivity contribution >= 4 is 33.2 Å². The standard InChI is InChI=1S/C19H23ClN2O4S/c1-12-5-6-15(9-13(12)2)27(24,25)21-8-7-19(23)22-17-10-14(3)16(20)11-18(17)26-4/h5-6,9-11,21H,7-8H2,1-4H3,(H,22,23). The lowest BCUT2D eigenvalue weighted by Gasteiger charge is -2.13. The topological polar surface area (TPSA) is 84.5 Å². The molecule has 0 atom stereocenters. The van der Waals surface area contributed by atoms with Crippen molar-refractivity contribution in [1.29, 1.82) is 0 Å². The van der Waals surface area contributed by atoms with Crippen LogP contribution in [-0.4, -0.2) is 28.0 Å². The number of ether oxygens (including phenoxy) is 1. The molecule has 1 amide bonds. The normalized spacial score (nSPS) is 11.3. The monoisotopic (exact) mass is 410 g/mol. The number of sulfonamides is 1. The summed E-state index contributed by atoms with van der Waals surface area (Å²) in [5, 5.41) is 3.25. The van der Waals surface area contributed by atoms with Crippen molar-refractivity contribution in [2.24, 2.45) is 0 Å². The van der Waals surface area contributed by atoms with Gasteiger partial charge in [-0.15, -0.1) is 0 Å². The summed E-state index contributed by atoms with van der Waals surface area (Å²) >= 11 is 6.04. The fourth-order valence-electron chi connectivity index (χ4n) is 2.41. The molecule has 0 aliphatic heterocycles. The van der Waals surface area contributed by atoms with E-state index in [1.165, 1.54) is 7.11 Å². The third-order valence-electron chi connectivity index (χ3n) is 4.19. The molecule has 6 nitrogen and oxygen atoms in total. The molecule has 0 aliphatic rings. The van der Waals surface area contributed by atoms with Gasteiger partial charge in [0.05, 0.1) is 17.7 Å². The van der Waals surface area contributed by atoms with Gasteiger partial charge in [-0.05, 0) is 55.7 Å². The van der Waals surface area contributed by atoms with Crippen molar-refractivity contribution in [1.82, 2.24) is 4.72 Å². The summed E-state index contributed by atoms with van der Waals surface area (Å²) in [4.78, 5) is 12.3. The highest BCUT2D eigenvalue weighted by Gasteiger charge is 2.16. The Bertz CT molecular complexity index is 958. The number of anilines is 1. The highest BCUT2D eigenvalue weighted by atomic mass is 35.5. The van der Waals surface area contributed by atoms with Gasteiger partial charge in [0.15, 0.2) is 0 Å². The van der Waals surface area contributed by atoms with Crippen LogP contribution < -0.4 is 14.8 Å². The molecule has 0 spiro atoms. The van der Waals surface area contributed by atoms with Crippen LogP contribution in [0.4, 0.5) is 5.69 Å². The van der Waals surface area contributed by atoms with E-state index < -0.39 is 10.0 Å². The first kappa shape index (κ1) is 21.2. The SMILES string of the molecule is COc1cc(Cl)c(C)cc1NC(=O)CCNS(=O)(=O)c1ccc(C)c(C)c1. The average molecular weight is 411 g/mol.